The molecule has 0 amide bonds. The summed E-state index contributed by atoms with van der Waals surface area (Å²) in [5.41, 5.74) is 10.8. The third-order valence-electron chi connectivity index (χ3n) is 0.964. The normalized spacial score (nSPS) is 14.4. The first-order valence-corrected chi connectivity index (χ1v) is 3.00. The van der Waals surface area contributed by atoms with E-state index in [9.17, 15) is 0 Å². The Morgan fingerprint density at radius 1 is 1.78 bits per heavy atom. The highest BCUT2D eigenvalue weighted by Crippen LogP contribution is 1.87. The summed E-state index contributed by atoms with van der Waals surface area (Å²) >= 11 is 0. The molecule has 0 aliphatic rings. The van der Waals surface area contributed by atoms with Gasteiger partial charge in [-0.2, -0.15) is 0 Å². The third-order valence-corrected chi connectivity index (χ3v) is 0.964. The Labute approximate surface area is 55.5 Å². The SMILES string of the molecule is CCC(N=CN)NNC. The molecule has 0 bridgehead atoms. The molecule has 0 aromatic rings. The minimum Gasteiger partial charge on any atom is -0.390 e. The predicted molar refractivity (Wildman–Crippen MR) is 39.0 cm³/mol. The zero-order valence-electron chi connectivity index (χ0n) is 5.89. The van der Waals surface area contributed by atoms with Crippen molar-refractivity contribution < 1.29 is 0 Å². The zero-order chi connectivity index (χ0) is 7.11. The van der Waals surface area contributed by atoms with Crippen LogP contribution in [0.2, 0.25) is 0 Å². The number of hydrogen-bond acceptors (Lipinski definition) is 3. The quantitative estimate of drug-likeness (QED) is 0.271. The Hall–Kier alpha value is -0.610. The van der Waals surface area contributed by atoms with E-state index in [-0.39, 0.29) is 6.17 Å². The van der Waals surface area contributed by atoms with E-state index in [0.29, 0.717) is 0 Å². The number of nitrogens with one attached hydrogen (secondary N) is 2. The van der Waals surface area contributed by atoms with Gasteiger partial charge in [-0.3, -0.25) is 10.4 Å². The Morgan fingerprint density at radius 2 is 2.44 bits per heavy atom. The fraction of sp³-hybridized carbons (Fsp3) is 0.800. The number of hydrazine groups is 1. The van der Waals surface area contributed by atoms with Crippen molar-refractivity contribution in [3.8, 4) is 0 Å². The van der Waals surface area contributed by atoms with Crippen LogP contribution in [0.25, 0.3) is 0 Å². The summed E-state index contributed by atoms with van der Waals surface area (Å²) in [6.07, 6.45) is 2.33. The highest BCUT2D eigenvalue weighted by molar-refractivity contribution is 5.51. The van der Waals surface area contributed by atoms with E-state index in [1.165, 1.54) is 6.34 Å². The molecule has 0 aromatic carbocycles. The van der Waals surface area contributed by atoms with Crippen LogP contribution in [0, 0.1) is 0 Å². The minimum atomic E-state index is 0.0972. The lowest BCUT2D eigenvalue weighted by Crippen LogP contribution is -2.36. The molecule has 0 spiro atoms. The van der Waals surface area contributed by atoms with E-state index in [1.807, 2.05) is 6.92 Å². The number of hydrogen-bond donors (Lipinski definition) is 3. The van der Waals surface area contributed by atoms with Crippen molar-refractivity contribution in [2.24, 2.45) is 10.7 Å². The highest BCUT2D eigenvalue weighted by Gasteiger charge is 1.96. The summed E-state index contributed by atoms with van der Waals surface area (Å²) in [4.78, 5) is 3.91. The number of rotatable bonds is 4. The molecule has 1 unspecified atom stereocenters. The van der Waals surface area contributed by atoms with Gasteiger partial charge >= 0.3 is 0 Å². The summed E-state index contributed by atoms with van der Waals surface area (Å²) in [6, 6.07) is 0. The lowest BCUT2D eigenvalue weighted by atomic mass is 10.4. The monoisotopic (exact) mass is 130 g/mol. The molecule has 4 N–H and O–H groups in total. The largest absolute Gasteiger partial charge is 0.390 e. The van der Waals surface area contributed by atoms with E-state index in [2.05, 4.69) is 15.8 Å². The first kappa shape index (κ1) is 8.39. The van der Waals surface area contributed by atoms with Crippen LogP contribution >= 0.6 is 0 Å². The van der Waals surface area contributed by atoms with Gasteiger partial charge in [0.05, 0.1) is 6.34 Å². The van der Waals surface area contributed by atoms with Crippen molar-refractivity contribution in [3.63, 3.8) is 0 Å². The van der Waals surface area contributed by atoms with Gasteiger partial charge < -0.3 is 5.73 Å². The van der Waals surface area contributed by atoms with Crippen molar-refractivity contribution in [2.75, 3.05) is 7.05 Å². The topological polar surface area (TPSA) is 62.4 Å². The Morgan fingerprint density at radius 3 is 2.78 bits per heavy atom. The van der Waals surface area contributed by atoms with Crippen molar-refractivity contribution in [1.82, 2.24) is 10.9 Å². The fourth-order valence-corrected chi connectivity index (χ4v) is 0.515. The number of aliphatic imine (C=N–C) groups is 1. The van der Waals surface area contributed by atoms with Gasteiger partial charge in [0.1, 0.15) is 6.17 Å². The molecule has 0 radical (unpaired) electrons. The molecule has 0 saturated carbocycles. The minimum absolute atomic E-state index is 0.0972. The molecule has 0 fully saturated rings. The summed E-state index contributed by atoms with van der Waals surface area (Å²) in [7, 11) is 1.80. The third kappa shape index (κ3) is 3.93. The lowest BCUT2D eigenvalue weighted by Gasteiger charge is -2.08. The van der Waals surface area contributed by atoms with E-state index in [1.54, 1.807) is 7.05 Å². The molecular formula is C5H14N4. The van der Waals surface area contributed by atoms with Crippen LogP contribution in [-0.2, 0) is 0 Å². The Bertz CT molecular complexity index is 81.0. The molecule has 0 heterocycles. The van der Waals surface area contributed by atoms with Crippen LogP contribution in [-0.4, -0.2) is 19.6 Å². The van der Waals surface area contributed by atoms with Crippen LogP contribution in [0.5, 0.6) is 0 Å². The molecule has 4 nitrogen and oxygen atoms in total. The predicted octanol–water partition coefficient (Wildman–Crippen LogP) is -0.566. The smallest absolute Gasteiger partial charge is 0.113 e. The van der Waals surface area contributed by atoms with E-state index in [4.69, 9.17) is 5.73 Å². The van der Waals surface area contributed by atoms with Crippen LogP contribution in [0.1, 0.15) is 13.3 Å². The first-order chi connectivity index (χ1) is 4.35. The van der Waals surface area contributed by atoms with Crippen molar-refractivity contribution in [3.05, 3.63) is 0 Å². The average molecular weight is 130 g/mol. The maximum Gasteiger partial charge on any atom is 0.113 e. The van der Waals surface area contributed by atoms with Crippen LogP contribution in [0.4, 0.5) is 0 Å². The van der Waals surface area contributed by atoms with Gasteiger partial charge in [-0.15, -0.1) is 0 Å². The van der Waals surface area contributed by atoms with Gasteiger partial charge in [0.2, 0.25) is 0 Å². The second-order valence-corrected chi connectivity index (χ2v) is 1.62. The standard InChI is InChI=1S/C5H14N4/c1-3-5(8-4-6)9-7-2/h4-5,7,9H,3H2,1-2H3,(H2,6,8). The lowest BCUT2D eigenvalue weighted by molar-refractivity contribution is 0.463. The maximum absolute atomic E-state index is 5.08. The Kier molecular flexibility index (Phi) is 5.15. The summed E-state index contributed by atoms with van der Waals surface area (Å²) in [5.74, 6) is 0. The second-order valence-electron chi connectivity index (χ2n) is 1.62. The number of nitrogens with zero attached hydrogens (tertiary/aromatic N) is 1. The van der Waals surface area contributed by atoms with Crippen molar-refractivity contribution >= 4 is 6.34 Å². The molecule has 0 aliphatic heterocycles. The average Bonchev–Trinajstić information content (AvgIpc) is 1.88. The van der Waals surface area contributed by atoms with Gasteiger partial charge in [-0.05, 0) is 13.5 Å². The van der Waals surface area contributed by atoms with Gasteiger partial charge in [-0.25, -0.2) is 5.43 Å². The van der Waals surface area contributed by atoms with Gasteiger partial charge in [0, 0.05) is 0 Å². The summed E-state index contributed by atoms with van der Waals surface area (Å²) in [6.45, 7) is 2.03. The van der Waals surface area contributed by atoms with Crippen LogP contribution < -0.4 is 16.6 Å². The molecule has 0 aliphatic carbocycles. The summed E-state index contributed by atoms with van der Waals surface area (Å²) in [5, 5.41) is 0. The molecule has 1 atom stereocenters. The molecule has 4 heteroatoms. The fourth-order valence-electron chi connectivity index (χ4n) is 0.515. The summed E-state index contributed by atoms with van der Waals surface area (Å²) < 4.78 is 0. The number of nitrogens with two attached hydrogens (primary N) is 1. The first-order valence-electron chi connectivity index (χ1n) is 3.00. The second kappa shape index (κ2) is 5.53. The van der Waals surface area contributed by atoms with Crippen molar-refractivity contribution in [2.45, 2.75) is 19.5 Å². The van der Waals surface area contributed by atoms with Gasteiger partial charge in [0.25, 0.3) is 0 Å². The van der Waals surface area contributed by atoms with Crippen LogP contribution in [0.15, 0.2) is 4.99 Å². The molecular weight excluding hydrogens is 116 g/mol. The molecule has 54 valence electrons. The van der Waals surface area contributed by atoms with Crippen molar-refractivity contribution in [1.29, 1.82) is 0 Å². The van der Waals surface area contributed by atoms with E-state index < -0.39 is 0 Å². The van der Waals surface area contributed by atoms with Crippen LogP contribution in [0.3, 0.4) is 0 Å². The molecule has 0 rings (SSSR count). The van der Waals surface area contributed by atoms with E-state index in [0.717, 1.165) is 6.42 Å². The molecule has 9 heavy (non-hydrogen) atoms. The Balaban J connectivity index is 3.41. The molecule has 0 saturated heterocycles. The van der Waals surface area contributed by atoms with E-state index >= 15 is 0 Å². The zero-order valence-corrected chi connectivity index (χ0v) is 5.89. The van der Waals surface area contributed by atoms with Gasteiger partial charge in [-0.1, -0.05) is 6.92 Å². The molecule has 0 aromatic heterocycles. The van der Waals surface area contributed by atoms with Gasteiger partial charge in [0.15, 0.2) is 0 Å². The maximum atomic E-state index is 5.08. The highest BCUT2D eigenvalue weighted by atomic mass is 15.4.